The highest BCUT2D eigenvalue weighted by molar-refractivity contribution is 6.07. The molecule has 1 aliphatic heterocycles. The Labute approximate surface area is 143 Å². The number of nitrogens with one attached hydrogen (secondary N) is 1. The van der Waals surface area contributed by atoms with Crippen molar-refractivity contribution in [3.05, 3.63) is 42.5 Å². The first-order valence-corrected chi connectivity index (χ1v) is 7.88. The van der Waals surface area contributed by atoms with E-state index in [1.54, 1.807) is 0 Å². The van der Waals surface area contributed by atoms with Gasteiger partial charge in [0.2, 0.25) is 11.8 Å². The molecule has 7 heteroatoms. The number of nitrogens with zero attached hydrogens (tertiary/aromatic N) is 1. The van der Waals surface area contributed by atoms with Crippen molar-refractivity contribution in [2.45, 2.75) is 12.5 Å². The molecule has 0 aromatic heterocycles. The van der Waals surface area contributed by atoms with Gasteiger partial charge in [0, 0.05) is 18.4 Å². The number of hydrogen-bond donors (Lipinski definition) is 2. The molecule has 0 aliphatic carbocycles. The van der Waals surface area contributed by atoms with Gasteiger partial charge in [-0.15, -0.1) is 0 Å². The fourth-order valence-corrected chi connectivity index (χ4v) is 3.02. The second-order valence-electron chi connectivity index (χ2n) is 5.96. The first kappa shape index (κ1) is 16.9. The third kappa shape index (κ3) is 3.31. The van der Waals surface area contributed by atoms with Crippen LogP contribution < -0.4 is 10.2 Å². The van der Waals surface area contributed by atoms with Crippen LogP contribution in [0.1, 0.15) is 6.42 Å². The largest absolute Gasteiger partial charge is 0.480 e. The second-order valence-corrected chi connectivity index (χ2v) is 5.96. The Morgan fingerprint density at radius 3 is 2.68 bits per heavy atom. The van der Waals surface area contributed by atoms with Gasteiger partial charge < -0.3 is 15.3 Å². The summed E-state index contributed by atoms with van der Waals surface area (Å²) >= 11 is 0. The molecule has 2 N–H and O–H groups in total. The standard InChI is InChI=1S/C18H17FN2O4/c19-9-14(18(24)25)20-17(23)12-8-16(22)21(10-12)15-7-3-5-11-4-1-2-6-13(11)15/h1-7,12,14H,8-10H2,(H,20,23)(H,24,25). The predicted molar refractivity (Wildman–Crippen MR) is 89.9 cm³/mol. The number of amides is 2. The maximum atomic E-state index is 12.7. The summed E-state index contributed by atoms with van der Waals surface area (Å²) in [5.74, 6) is -2.99. The monoisotopic (exact) mass is 344 g/mol. The van der Waals surface area contributed by atoms with Gasteiger partial charge in [-0.1, -0.05) is 36.4 Å². The van der Waals surface area contributed by atoms with Crippen molar-refractivity contribution in [3.63, 3.8) is 0 Å². The van der Waals surface area contributed by atoms with E-state index in [1.807, 2.05) is 42.5 Å². The molecule has 6 nitrogen and oxygen atoms in total. The lowest BCUT2D eigenvalue weighted by Gasteiger charge is -2.19. The number of alkyl halides is 1. The minimum Gasteiger partial charge on any atom is -0.480 e. The van der Waals surface area contributed by atoms with E-state index in [0.29, 0.717) is 5.69 Å². The van der Waals surface area contributed by atoms with Crippen LogP contribution in [0.15, 0.2) is 42.5 Å². The van der Waals surface area contributed by atoms with Gasteiger partial charge in [0.15, 0.2) is 6.04 Å². The summed E-state index contributed by atoms with van der Waals surface area (Å²) in [7, 11) is 0. The van der Waals surface area contributed by atoms with Gasteiger partial charge >= 0.3 is 5.97 Å². The summed E-state index contributed by atoms with van der Waals surface area (Å²) < 4.78 is 12.7. The highest BCUT2D eigenvalue weighted by Gasteiger charge is 2.37. The quantitative estimate of drug-likeness (QED) is 0.865. The summed E-state index contributed by atoms with van der Waals surface area (Å²) in [5, 5.41) is 12.8. The number of rotatable bonds is 5. The van der Waals surface area contributed by atoms with Crippen LogP contribution in [0.3, 0.4) is 0 Å². The average molecular weight is 344 g/mol. The number of aliphatic carboxylic acids is 1. The number of halogens is 1. The fraction of sp³-hybridized carbons (Fsp3) is 0.278. The van der Waals surface area contributed by atoms with Crippen molar-refractivity contribution in [1.29, 1.82) is 0 Å². The van der Waals surface area contributed by atoms with Gasteiger partial charge in [-0.05, 0) is 11.5 Å². The Kier molecular flexibility index (Phi) is 4.65. The molecule has 0 radical (unpaired) electrons. The van der Waals surface area contributed by atoms with Crippen LogP contribution in [0, 0.1) is 5.92 Å². The number of carbonyl (C=O) groups excluding carboxylic acids is 2. The van der Waals surface area contributed by atoms with Crippen molar-refractivity contribution in [3.8, 4) is 0 Å². The fourth-order valence-electron chi connectivity index (χ4n) is 3.02. The zero-order chi connectivity index (χ0) is 18.0. The molecular formula is C18H17FN2O4. The van der Waals surface area contributed by atoms with Crippen LogP contribution in [0.5, 0.6) is 0 Å². The zero-order valence-electron chi connectivity index (χ0n) is 13.3. The lowest BCUT2D eigenvalue weighted by molar-refractivity contribution is -0.142. The maximum Gasteiger partial charge on any atom is 0.328 e. The number of hydrogen-bond acceptors (Lipinski definition) is 3. The molecule has 1 saturated heterocycles. The highest BCUT2D eigenvalue weighted by atomic mass is 19.1. The van der Waals surface area contributed by atoms with Crippen molar-refractivity contribution in [2.24, 2.45) is 5.92 Å². The van der Waals surface area contributed by atoms with E-state index < -0.39 is 30.5 Å². The summed E-state index contributed by atoms with van der Waals surface area (Å²) in [6, 6.07) is 11.6. The molecule has 130 valence electrons. The van der Waals surface area contributed by atoms with Crippen molar-refractivity contribution >= 4 is 34.2 Å². The Bertz CT molecular complexity index is 833. The van der Waals surface area contributed by atoms with E-state index >= 15 is 0 Å². The summed E-state index contributed by atoms with van der Waals surface area (Å²) in [6.07, 6.45) is -0.0340. The third-order valence-electron chi connectivity index (χ3n) is 4.32. The number of carboxylic acid groups (broad SMARTS) is 1. The van der Waals surface area contributed by atoms with Crippen LogP contribution in [-0.2, 0) is 14.4 Å². The molecule has 0 bridgehead atoms. The number of anilines is 1. The molecule has 25 heavy (non-hydrogen) atoms. The number of fused-ring (bicyclic) bond motifs is 1. The summed E-state index contributed by atoms with van der Waals surface area (Å²) in [4.78, 5) is 36.9. The molecule has 2 unspecified atom stereocenters. The van der Waals surface area contributed by atoms with Crippen LogP contribution in [-0.4, -0.2) is 42.2 Å². The summed E-state index contributed by atoms with van der Waals surface area (Å²) in [5.41, 5.74) is 0.707. The average Bonchev–Trinajstić information content (AvgIpc) is 3.00. The first-order valence-electron chi connectivity index (χ1n) is 7.88. The lowest BCUT2D eigenvalue weighted by Crippen LogP contribution is -2.45. The lowest BCUT2D eigenvalue weighted by atomic mass is 10.1. The Hall–Kier alpha value is -2.96. The molecule has 2 atom stereocenters. The highest BCUT2D eigenvalue weighted by Crippen LogP contribution is 2.31. The molecule has 0 spiro atoms. The molecule has 2 amide bonds. The molecule has 3 rings (SSSR count). The molecule has 0 saturated carbocycles. The smallest absolute Gasteiger partial charge is 0.328 e. The molecular weight excluding hydrogens is 327 g/mol. The SMILES string of the molecule is O=C(NC(CF)C(=O)O)C1CC(=O)N(c2cccc3ccccc23)C1. The third-order valence-corrected chi connectivity index (χ3v) is 4.32. The first-order chi connectivity index (χ1) is 12.0. The molecule has 1 fully saturated rings. The van der Waals surface area contributed by atoms with E-state index in [4.69, 9.17) is 5.11 Å². The van der Waals surface area contributed by atoms with Crippen molar-refractivity contribution in [1.82, 2.24) is 5.32 Å². The summed E-state index contributed by atoms with van der Waals surface area (Å²) in [6.45, 7) is -1.06. The van der Waals surface area contributed by atoms with Gasteiger partial charge in [-0.25, -0.2) is 9.18 Å². The zero-order valence-corrected chi connectivity index (χ0v) is 13.3. The van der Waals surface area contributed by atoms with Crippen LogP contribution >= 0.6 is 0 Å². The van der Waals surface area contributed by atoms with Gasteiger partial charge in [0.1, 0.15) is 6.67 Å². The molecule has 2 aromatic carbocycles. The van der Waals surface area contributed by atoms with Crippen LogP contribution in [0.2, 0.25) is 0 Å². The number of carboxylic acids is 1. The van der Waals surface area contributed by atoms with Gasteiger partial charge in [-0.3, -0.25) is 9.59 Å². The van der Waals surface area contributed by atoms with E-state index in [9.17, 15) is 18.8 Å². The minimum atomic E-state index is -1.59. The van der Waals surface area contributed by atoms with Crippen molar-refractivity contribution < 1.29 is 23.9 Å². The normalized spacial score (nSPS) is 18.4. The Morgan fingerprint density at radius 1 is 1.24 bits per heavy atom. The van der Waals surface area contributed by atoms with E-state index in [-0.39, 0.29) is 18.9 Å². The number of benzene rings is 2. The van der Waals surface area contributed by atoms with Crippen LogP contribution in [0.25, 0.3) is 10.8 Å². The Morgan fingerprint density at radius 2 is 1.96 bits per heavy atom. The molecule has 1 aliphatic rings. The van der Waals surface area contributed by atoms with Crippen LogP contribution in [0.4, 0.5) is 10.1 Å². The Balaban J connectivity index is 1.80. The van der Waals surface area contributed by atoms with Gasteiger partial charge in [0.25, 0.3) is 0 Å². The minimum absolute atomic E-state index is 0.0340. The van der Waals surface area contributed by atoms with Crippen molar-refractivity contribution in [2.75, 3.05) is 18.1 Å². The van der Waals surface area contributed by atoms with E-state index in [2.05, 4.69) is 5.32 Å². The second kappa shape index (κ2) is 6.88. The molecule has 2 aromatic rings. The van der Waals surface area contributed by atoms with E-state index in [0.717, 1.165) is 10.8 Å². The predicted octanol–water partition coefficient (Wildman–Crippen LogP) is 1.73. The topological polar surface area (TPSA) is 86.7 Å². The van der Waals surface area contributed by atoms with Gasteiger partial charge in [0.05, 0.1) is 11.6 Å². The molecule has 1 heterocycles. The number of carbonyl (C=O) groups is 3. The maximum absolute atomic E-state index is 12.7. The van der Waals surface area contributed by atoms with E-state index in [1.165, 1.54) is 4.90 Å². The van der Waals surface area contributed by atoms with Gasteiger partial charge in [-0.2, -0.15) is 0 Å².